The Morgan fingerprint density at radius 1 is 0.958 bits per heavy atom. The van der Waals surface area contributed by atoms with Crippen LogP contribution in [0.2, 0.25) is 0 Å². The Balaban J connectivity index is 1.67. The van der Waals surface area contributed by atoms with Crippen LogP contribution < -0.4 is 10.6 Å². The number of hydrogen-bond acceptors (Lipinski definition) is 2. The number of anilines is 2. The van der Waals surface area contributed by atoms with E-state index in [1.54, 1.807) is 0 Å². The molecule has 0 fully saturated rings. The molecule has 0 aliphatic heterocycles. The van der Waals surface area contributed by atoms with Crippen LogP contribution in [0.5, 0.6) is 0 Å². The summed E-state index contributed by atoms with van der Waals surface area (Å²) in [7, 11) is 0. The fraction of sp³-hybridized carbons (Fsp3) is 0.158. The molecule has 0 radical (unpaired) electrons. The predicted octanol–water partition coefficient (Wildman–Crippen LogP) is 4.36. The lowest BCUT2D eigenvalue weighted by atomic mass is 10.2. The first-order valence-electron chi connectivity index (χ1n) is 7.83. The average Bonchev–Trinajstić information content (AvgIpc) is 2.86. The van der Waals surface area contributed by atoms with Gasteiger partial charge in [-0.05, 0) is 62.0 Å². The number of thiocarbonyl (C=S) groups is 1. The summed E-state index contributed by atoms with van der Waals surface area (Å²) in [6.45, 7) is 4.82. The van der Waals surface area contributed by atoms with Gasteiger partial charge in [0.05, 0.1) is 12.2 Å². The predicted molar refractivity (Wildman–Crippen MR) is 104 cm³/mol. The van der Waals surface area contributed by atoms with E-state index in [0.717, 1.165) is 29.3 Å². The van der Waals surface area contributed by atoms with E-state index >= 15 is 0 Å². The normalized spacial score (nSPS) is 10.4. The summed E-state index contributed by atoms with van der Waals surface area (Å²) in [4.78, 5) is 0. The van der Waals surface area contributed by atoms with E-state index in [9.17, 15) is 0 Å². The van der Waals surface area contributed by atoms with Gasteiger partial charge in [0.2, 0.25) is 0 Å². The molecule has 0 aliphatic rings. The molecule has 0 unspecified atom stereocenters. The highest BCUT2D eigenvalue weighted by Crippen LogP contribution is 2.14. The minimum atomic E-state index is 0.574. The molecule has 3 aromatic rings. The molecule has 3 rings (SSSR count). The first-order valence-corrected chi connectivity index (χ1v) is 8.24. The third-order valence-corrected chi connectivity index (χ3v) is 3.86. The van der Waals surface area contributed by atoms with Crippen molar-refractivity contribution in [2.45, 2.75) is 20.4 Å². The molecule has 24 heavy (non-hydrogen) atoms. The van der Waals surface area contributed by atoms with Crippen LogP contribution in [-0.2, 0) is 6.54 Å². The van der Waals surface area contributed by atoms with Crippen molar-refractivity contribution >= 4 is 28.7 Å². The van der Waals surface area contributed by atoms with Crippen LogP contribution in [0.15, 0.2) is 60.7 Å². The number of benzene rings is 2. The first kappa shape index (κ1) is 16.2. The highest BCUT2D eigenvalue weighted by atomic mass is 32.1. The third kappa shape index (κ3) is 4.20. The number of aryl methyl sites for hydroxylation is 2. The minimum absolute atomic E-state index is 0.574. The van der Waals surface area contributed by atoms with Gasteiger partial charge < -0.3 is 10.6 Å². The molecule has 1 aromatic heterocycles. The van der Waals surface area contributed by atoms with E-state index < -0.39 is 0 Å². The number of para-hydroxylation sites is 1. The molecule has 0 saturated carbocycles. The zero-order valence-electron chi connectivity index (χ0n) is 13.8. The van der Waals surface area contributed by atoms with Crippen LogP contribution >= 0.6 is 12.2 Å². The molecule has 4 nitrogen and oxygen atoms in total. The van der Waals surface area contributed by atoms with Crippen molar-refractivity contribution in [3.63, 3.8) is 0 Å². The molecule has 0 spiro atoms. The Morgan fingerprint density at radius 3 is 2.38 bits per heavy atom. The van der Waals surface area contributed by atoms with E-state index in [1.165, 1.54) is 5.56 Å². The van der Waals surface area contributed by atoms with Crippen LogP contribution in [0.4, 0.5) is 11.4 Å². The molecule has 122 valence electrons. The molecule has 0 bridgehead atoms. The molecule has 1 heterocycles. The SMILES string of the molecule is Cc1cc(C)n(Cc2cccc(NC(=S)Nc3ccccc3)c2)n1. The summed E-state index contributed by atoms with van der Waals surface area (Å²) in [5.41, 5.74) is 5.30. The Morgan fingerprint density at radius 2 is 1.67 bits per heavy atom. The summed E-state index contributed by atoms with van der Waals surface area (Å²) in [5, 5.41) is 11.5. The summed E-state index contributed by atoms with van der Waals surface area (Å²) < 4.78 is 2.01. The molecule has 0 amide bonds. The third-order valence-electron chi connectivity index (χ3n) is 3.65. The van der Waals surface area contributed by atoms with Gasteiger partial charge in [-0.1, -0.05) is 30.3 Å². The highest BCUT2D eigenvalue weighted by Gasteiger charge is 2.04. The van der Waals surface area contributed by atoms with E-state index in [1.807, 2.05) is 54.1 Å². The second-order valence-electron chi connectivity index (χ2n) is 5.73. The second-order valence-corrected chi connectivity index (χ2v) is 6.14. The van der Waals surface area contributed by atoms with Gasteiger partial charge in [0, 0.05) is 17.1 Å². The van der Waals surface area contributed by atoms with Gasteiger partial charge in [-0.15, -0.1) is 0 Å². The van der Waals surface area contributed by atoms with Crippen LogP contribution in [-0.4, -0.2) is 14.9 Å². The number of nitrogens with one attached hydrogen (secondary N) is 2. The molecule has 0 saturated heterocycles. The number of aromatic nitrogens is 2. The quantitative estimate of drug-likeness (QED) is 0.695. The van der Waals surface area contributed by atoms with Gasteiger partial charge in [-0.2, -0.15) is 5.10 Å². The van der Waals surface area contributed by atoms with E-state index in [0.29, 0.717) is 5.11 Å². The average molecular weight is 336 g/mol. The van der Waals surface area contributed by atoms with Crippen LogP contribution in [0.25, 0.3) is 0 Å². The van der Waals surface area contributed by atoms with Gasteiger partial charge in [-0.3, -0.25) is 4.68 Å². The molecular weight excluding hydrogens is 316 g/mol. The Bertz CT molecular complexity index is 840. The Labute approximate surface area is 147 Å². The zero-order valence-corrected chi connectivity index (χ0v) is 14.6. The largest absolute Gasteiger partial charge is 0.332 e. The van der Waals surface area contributed by atoms with Gasteiger partial charge in [0.25, 0.3) is 0 Å². The highest BCUT2D eigenvalue weighted by molar-refractivity contribution is 7.80. The number of nitrogens with zero attached hydrogens (tertiary/aromatic N) is 2. The molecular formula is C19H20N4S. The molecule has 0 atom stereocenters. The van der Waals surface area contributed by atoms with Crippen molar-refractivity contribution < 1.29 is 0 Å². The maximum atomic E-state index is 5.38. The number of hydrogen-bond donors (Lipinski definition) is 2. The van der Waals surface area contributed by atoms with Crippen LogP contribution in [0.3, 0.4) is 0 Å². The molecule has 0 aliphatic carbocycles. The molecule has 2 aromatic carbocycles. The lowest BCUT2D eigenvalue weighted by Crippen LogP contribution is -2.19. The van der Waals surface area contributed by atoms with Gasteiger partial charge in [0.1, 0.15) is 0 Å². The lowest BCUT2D eigenvalue weighted by Gasteiger charge is -2.12. The zero-order chi connectivity index (χ0) is 16.9. The van der Waals surface area contributed by atoms with E-state index in [2.05, 4.69) is 40.9 Å². The maximum absolute atomic E-state index is 5.38. The monoisotopic (exact) mass is 336 g/mol. The Hall–Kier alpha value is -2.66. The molecule has 5 heteroatoms. The van der Waals surface area contributed by atoms with Gasteiger partial charge in [-0.25, -0.2) is 0 Å². The summed E-state index contributed by atoms with van der Waals surface area (Å²) >= 11 is 5.38. The van der Waals surface area contributed by atoms with Crippen LogP contribution in [0.1, 0.15) is 17.0 Å². The lowest BCUT2D eigenvalue weighted by molar-refractivity contribution is 0.659. The van der Waals surface area contributed by atoms with Crippen molar-refractivity contribution in [3.8, 4) is 0 Å². The summed E-state index contributed by atoms with van der Waals surface area (Å²) in [6.07, 6.45) is 0. The van der Waals surface area contributed by atoms with Crippen molar-refractivity contribution in [2.75, 3.05) is 10.6 Å². The topological polar surface area (TPSA) is 41.9 Å². The summed E-state index contributed by atoms with van der Waals surface area (Å²) in [6, 6.07) is 20.2. The first-order chi connectivity index (χ1) is 11.6. The smallest absolute Gasteiger partial charge is 0.175 e. The van der Waals surface area contributed by atoms with Crippen molar-refractivity contribution in [1.82, 2.24) is 9.78 Å². The maximum Gasteiger partial charge on any atom is 0.175 e. The minimum Gasteiger partial charge on any atom is -0.332 e. The van der Waals surface area contributed by atoms with Gasteiger partial charge >= 0.3 is 0 Å². The van der Waals surface area contributed by atoms with E-state index in [4.69, 9.17) is 12.2 Å². The van der Waals surface area contributed by atoms with E-state index in [-0.39, 0.29) is 0 Å². The second kappa shape index (κ2) is 7.27. The van der Waals surface area contributed by atoms with Gasteiger partial charge in [0.15, 0.2) is 5.11 Å². The Kier molecular flexibility index (Phi) is 4.91. The fourth-order valence-corrected chi connectivity index (χ4v) is 2.81. The summed E-state index contributed by atoms with van der Waals surface area (Å²) in [5.74, 6) is 0. The standard InChI is InChI=1S/C19H20N4S/c1-14-11-15(2)23(22-14)13-16-7-6-10-18(12-16)21-19(24)20-17-8-4-3-5-9-17/h3-12H,13H2,1-2H3,(H2,20,21,24). The number of rotatable bonds is 4. The van der Waals surface area contributed by atoms with Crippen molar-refractivity contribution in [3.05, 3.63) is 77.6 Å². The molecule has 2 N–H and O–H groups in total. The van der Waals surface area contributed by atoms with Crippen molar-refractivity contribution in [1.29, 1.82) is 0 Å². The van der Waals surface area contributed by atoms with Crippen LogP contribution in [0, 0.1) is 13.8 Å². The fourth-order valence-electron chi connectivity index (χ4n) is 2.57. The van der Waals surface area contributed by atoms with Crippen molar-refractivity contribution in [2.24, 2.45) is 0 Å².